The van der Waals surface area contributed by atoms with E-state index in [4.69, 9.17) is 26.2 Å². The number of rotatable bonds is 7. The second-order valence-electron chi connectivity index (χ2n) is 8.29. The van der Waals surface area contributed by atoms with Crippen LogP contribution < -0.4 is 5.19 Å². The maximum atomic E-state index is 10.7. The first kappa shape index (κ1) is 29.9. The van der Waals surface area contributed by atoms with Crippen LogP contribution in [0.1, 0.15) is 22.3 Å². The van der Waals surface area contributed by atoms with Gasteiger partial charge in [0.2, 0.25) is 6.34 Å². The number of hydrogen-bond acceptors (Lipinski definition) is 7. The van der Waals surface area contributed by atoms with Crippen LogP contribution in [-0.4, -0.2) is 77.5 Å². The van der Waals surface area contributed by atoms with Crippen molar-refractivity contribution in [2.24, 2.45) is 0 Å². The molecular formula is C23H31F3N2O6SSi. The molecule has 200 valence electrons. The van der Waals surface area contributed by atoms with Crippen LogP contribution >= 0.6 is 0 Å². The van der Waals surface area contributed by atoms with Crippen molar-refractivity contribution in [3.8, 4) is 0 Å². The minimum absolute atomic E-state index is 0.877. The Kier molecular flexibility index (Phi) is 9.84. The number of alkyl halides is 3. The number of nitrogens with zero attached hydrogens (tertiary/aromatic N) is 2. The molecule has 2 aromatic carbocycles. The fourth-order valence-corrected chi connectivity index (χ4v) is 5.90. The summed E-state index contributed by atoms with van der Waals surface area (Å²) < 4.78 is 78.0. The summed E-state index contributed by atoms with van der Waals surface area (Å²) in [5.41, 5.74) is 0.926. The molecule has 36 heavy (non-hydrogen) atoms. The van der Waals surface area contributed by atoms with Gasteiger partial charge in [-0.05, 0) is 37.5 Å². The van der Waals surface area contributed by atoms with Crippen LogP contribution in [0.15, 0.2) is 36.4 Å². The average molecular weight is 549 g/mol. The van der Waals surface area contributed by atoms with E-state index in [1.165, 1.54) is 27.9 Å². The second-order valence-corrected chi connectivity index (χ2v) is 12.6. The third kappa shape index (κ3) is 7.14. The summed E-state index contributed by atoms with van der Waals surface area (Å²) in [5.74, 6) is 0. The van der Waals surface area contributed by atoms with Gasteiger partial charge in [0.25, 0.3) is 0 Å². The lowest BCUT2D eigenvalue weighted by Gasteiger charge is -2.24. The highest BCUT2D eigenvalue weighted by atomic mass is 32.2. The first-order valence-electron chi connectivity index (χ1n) is 10.9. The SMILES string of the molecule is CO[Si](OC)(OC)c1ccc(CN2C=[N+](c3c(C)cc(C)cc3C)CC2)cc1.O=S(=O)([O-])C(F)(F)F. The fraction of sp³-hybridized carbons (Fsp3) is 0.435. The van der Waals surface area contributed by atoms with E-state index in [1.807, 2.05) is 0 Å². The summed E-state index contributed by atoms with van der Waals surface area (Å²) >= 11 is 0. The molecule has 0 N–H and O–H groups in total. The van der Waals surface area contributed by atoms with Gasteiger partial charge in [-0.1, -0.05) is 42.0 Å². The summed E-state index contributed by atoms with van der Waals surface area (Å²) in [6.07, 6.45) is 2.25. The quantitative estimate of drug-likeness (QED) is 0.227. The lowest BCUT2D eigenvalue weighted by molar-refractivity contribution is -0.425. The predicted octanol–water partition coefficient (Wildman–Crippen LogP) is 2.94. The second kappa shape index (κ2) is 11.8. The third-order valence-corrected chi connectivity index (χ3v) is 8.86. The van der Waals surface area contributed by atoms with Gasteiger partial charge in [-0.3, -0.25) is 4.90 Å². The van der Waals surface area contributed by atoms with Crippen molar-refractivity contribution >= 4 is 36.1 Å². The summed E-state index contributed by atoms with van der Waals surface area (Å²) in [6, 6.07) is 12.9. The van der Waals surface area contributed by atoms with Gasteiger partial charge >= 0.3 is 14.3 Å². The van der Waals surface area contributed by atoms with E-state index >= 15 is 0 Å². The summed E-state index contributed by atoms with van der Waals surface area (Å²) in [6.45, 7) is 9.45. The molecule has 2 aromatic rings. The van der Waals surface area contributed by atoms with Crippen molar-refractivity contribution in [2.75, 3.05) is 34.4 Å². The first-order chi connectivity index (χ1) is 16.7. The largest absolute Gasteiger partial charge is 0.741 e. The number of hydrogen-bond donors (Lipinski definition) is 0. The average Bonchev–Trinajstić information content (AvgIpc) is 3.22. The van der Waals surface area contributed by atoms with Crippen molar-refractivity contribution in [3.63, 3.8) is 0 Å². The minimum atomic E-state index is -6.09. The van der Waals surface area contributed by atoms with Crippen molar-refractivity contribution in [1.82, 2.24) is 4.90 Å². The van der Waals surface area contributed by atoms with Gasteiger partial charge in [0.15, 0.2) is 10.1 Å². The smallest absolute Gasteiger partial charge is 0.536 e. The molecule has 3 rings (SSSR count). The summed E-state index contributed by atoms with van der Waals surface area (Å²) in [4.78, 5) is 2.36. The molecule has 1 aliphatic rings. The molecule has 1 heterocycles. The predicted molar refractivity (Wildman–Crippen MR) is 131 cm³/mol. The zero-order valence-electron chi connectivity index (χ0n) is 21.0. The minimum Gasteiger partial charge on any atom is -0.741 e. The van der Waals surface area contributed by atoms with E-state index in [2.05, 4.69) is 73.0 Å². The normalized spacial score (nSPS) is 14.4. The highest BCUT2D eigenvalue weighted by Crippen LogP contribution is 2.26. The molecule has 1 aliphatic heterocycles. The molecule has 0 aromatic heterocycles. The topological polar surface area (TPSA) is 91.1 Å². The molecule has 0 saturated carbocycles. The van der Waals surface area contributed by atoms with E-state index in [-0.39, 0.29) is 0 Å². The van der Waals surface area contributed by atoms with Crippen molar-refractivity contribution in [2.45, 2.75) is 32.8 Å². The zero-order valence-corrected chi connectivity index (χ0v) is 22.9. The van der Waals surface area contributed by atoms with Gasteiger partial charge in [-0.15, -0.1) is 0 Å². The van der Waals surface area contributed by atoms with Gasteiger partial charge in [0.05, 0.1) is 0 Å². The van der Waals surface area contributed by atoms with E-state index in [0.717, 1.165) is 24.8 Å². The zero-order chi connectivity index (χ0) is 27.3. The highest BCUT2D eigenvalue weighted by molar-refractivity contribution is 7.86. The van der Waals surface area contributed by atoms with Crippen LogP contribution in [0.2, 0.25) is 0 Å². The monoisotopic (exact) mass is 548 g/mol. The molecule has 8 nitrogen and oxygen atoms in total. The maximum absolute atomic E-state index is 10.7. The molecule has 0 amide bonds. The van der Waals surface area contributed by atoms with Crippen molar-refractivity contribution in [3.05, 3.63) is 58.7 Å². The standard InChI is InChI=1S/C22H31N2O3Si.CHF3O3S/c1-17-13-18(2)22(19(3)14-17)24-12-11-23(16-24)15-20-7-9-21(10-8-20)28(25-4,26-5)27-6;2-1(3,4)8(5,6)7/h7-10,13-14,16H,11-12,15H2,1-6H3;(H,5,6,7)/q+1;/p-1. The molecular weight excluding hydrogens is 517 g/mol. The van der Waals surface area contributed by atoms with Crippen LogP contribution in [-0.2, 0) is 29.9 Å². The van der Waals surface area contributed by atoms with Gasteiger partial charge in [-0.25, -0.2) is 13.0 Å². The number of aryl methyl sites for hydroxylation is 3. The van der Waals surface area contributed by atoms with Crippen LogP contribution in [0, 0.1) is 20.8 Å². The Hall–Kier alpha value is -2.29. The van der Waals surface area contributed by atoms with E-state index < -0.39 is 24.4 Å². The Morgan fingerprint density at radius 2 is 1.47 bits per heavy atom. The van der Waals surface area contributed by atoms with Crippen LogP contribution in [0.5, 0.6) is 0 Å². The molecule has 0 spiro atoms. The molecule has 0 atom stereocenters. The van der Waals surface area contributed by atoms with Crippen LogP contribution in [0.25, 0.3) is 0 Å². The Morgan fingerprint density at radius 3 is 1.89 bits per heavy atom. The lowest BCUT2D eigenvalue weighted by Crippen LogP contribution is -2.54. The molecule has 0 saturated heterocycles. The molecule has 0 radical (unpaired) electrons. The third-order valence-electron chi connectivity index (χ3n) is 5.64. The van der Waals surface area contributed by atoms with Crippen molar-refractivity contribution in [1.29, 1.82) is 0 Å². The van der Waals surface area contributed by atoms with Gasteiger partial charge in [0, 0.05) is 26.5 Å². The number of benzene rings is 2. The summed E-state index contributed by atoms with van der Waals surface area (Å²) in [5, 5.41) is 0.974. The Bertz CT molecular complexity index is 1150. The first-order valence-corrected chi connectivity index (χ1v) is 14.0. The molecule has 0 unspecified atom stereocenters. The van der Waals surface area contributed by atoms with Crippen molar-refractivity contribution < 1.29 is 44.0 Å². The molecule has 0 aliphatic carbocycles. The maximum Gasteiger partial charge on any atom is 0.536 e. The van der Waals surface area contributed by atoms with E-state index in [1.54, 1.807) is 21.3 Å². The number of halogens is 3. The highest BCUT2D eigenvalue weighted by Gasteiger charge is 2.40. The van der Waals surface area contributed by atoms with Gasteiger partial charge in [0.1, 0.15) is 25.3 Å². The lowest BCUT2D eigenvalue weighted by atomic mass is 10.0. The van der Waals surface area contributed by atoms with Crippen LogP contribution in [0.3, 0.4) is 0 Å². The summed E-state index contributed by atoms with van der Waals surface area (Å²) in [7, 11) is -3.95. The van der Waals surface area contributed by atoms with Gasteiger partial charge in [-0.2, -0.15) is 13.2 Å². The Morgan fingerprint density at radius 1 is 1.00 bits per heavy atom. The Labute approximate surface area is 211 Å². The molecule has 0 bridgehead atoms. The van der Waals surface area contributed by atoms with Crippen LogP contribution in [0.4, 0.5) is 18.9 Å². The molecule has 0 fully saturated rings. The van der Waals surface area contributed by atoms with E-state index in [9.17, 15) is 13.2 Å². The fourth-order valence-electron chi connectivity index (χ4n) is 4.12. The van der Waals surface area contributed by atoms with Gasteiger partial charge < -0.3 is 17.8 Å². The molecule has 13 heteroatoms. The Balaban J connectivity index is 0.000000493. The van der Waals surface area contributed by atoms with E-state index in [0.29, 0.717) is 0 Å².